The molecule has 1 N–H and O–H groups in total. The third-order valence-corrected chi connectivity index (χ3v) is 4.12. The molecule has 100 valence electrons. The first-order valence-electron chi connectivity index (χ1n) is 6.59. The fourth-order valence-corrected chi connectivity index (χ4v) is 2.89. The molecule has 0 radical (unpaired) electrons. The van der Waals surface area contributed by atoms with Crippen molar-refractivity contribution in [3.63, 3.8) is 0 Å². The Morgan fingerprint density at radius 2 is 1.74 bits per heavy atom. The molecule has 1 nitrogen and oxygen atoms in total. The molecule has 0 aromatic heterocycles. The molecule has 0 heterocycles. The average molecular weight is 272 g/mol. The molecule has 0 saturated heterocycles. The maximum absolute atomic E-state index is 10.5. The van der Waals surface area contributed by atoms with Crippen LogP contribution in [0.25, 0.3) is 0 Å². The van der Waals surface area contributed by atoms with Gasteiger partial charge in [-0.2, -0.15) is 0 Å². The van der Waals surface area contributed by atoms with E-state index < -0.39 is 6.10 Å². The Morgan fingerprint density at radius 1 is 1.05 bits per heavy atom. The number of aliphatic hydroxyl groups is 1. The molecule has 0 bridgehead atoms. The molecule has 0 aliphatic heterocycles. The van der Waals surface area contributed by atoms with E-state index in [0.717, 1.165) is 22.4 Å². The largest absolute Gasteiger partial charge is 0.384 e. The maximum atomic E-state index is 10.5. The lowest BCUT2D eigenvalue weighted by atomic mass is 9.96. The SMILES string of the molecule is CCSc1ccc(C(O)c2ccc(C)cc2C)cc1. The highest BCUT2D eigenvalue weighted by Gasteiger charge is 2.12. The minimum Gasteiger partial charge on any atom is -0.384 e. The lowest BCUT2D eigenvalue weighted by Crippen LogP contribution is -2.02. The van der Waals surface area contributed by atoms with Gasteiger partial charge >= 0.3 is 0 Å². The minimum absolute atomic E-state index is 0.540. The highest BCUT2D eigenvalue weighted by Crippen LogP contribution is 2.27. The van der Waals surface area contributed by atoms with Crippen LogP contribution in [-0.2, 0) is 0 Å². The number of hydrogen-bond acceptors (Lipinski definition) is 2. The van der Waals surface area contributed by atoms with Crippen LogP contribution in [0.4, 0.5) is 0 Å². The lowest BCUT2D eigenvalue weighted by molar-refractivity contribution is 0.219. The van der Waals surface area contributed by atoms with Gasteiger partial charge < -0.3 is 5.11 Å². The van der Waals surface area contributed by atoms with Gasteiger partial charge in [-0.3, -0.25) is 0 Å². The van der Waals surface area contributed by atoms with Crippen LogP contribution in [-0.4, -0.2) is 10.9 Å². The fraction of sp³-hybridized carbons (Fsp3) is 0.294. The molecule has 2 aromatic carbocycles. The van der Waals surface area contributed by atoms with Crippen molar-refractivity contribution in [1.82, 2.24) is 0 Å². The molecule has 0 fully saturated rings. The smallest absolute Gasteiger partial charge is 0.104 e. The monoisotopic (exact) mass is 272 g/mol. The molecular formula is C17H20OS. The van der Waals surface area contributed by atoms with Crippen LogP contribution in [0.5, 0.6) is 0 Å². The van der Waals surface area contributed by atoms with Crippen LogP contribution >= 0.6 is 11.8 Å². The molecule has 2 heteroatoms. The van der Waals surface area contributed by atoms with E-state index in [0.29, 0.717) is 0 Å². The van der Waals surface area contributed by atoms with Crippen molar-refractivity contribution < 1.29 is 5.11 Å². The molecule has 2 rings (SSSR count). The van der Waals surface area contributed by atoms with E-state index in [4.69, 9.17) is 0 Å². The van der Waals surface area contributed by atoms with Gasteiger partial charge in [0.05, 0.1) is 0 Å². The van der Waals surface area contributed by atoms with Crippen molar-refractivity contribution in [3.05, 3.63) is 64.7 Å². The maximum Gasteiger partial charge on any atom is 0.104 e. The Morgan fingerprint density at radius 3 is 2.32 bits per heavy atom. The second kappa shape index (κ2) is 6.27. The zero-order valence-corrected chi connectivity index (χ0v) is 12.5. The molecule has 0 aliphatic carbocycles. The third kappa shape index (κ3) is 3.40. The molecule has 19 heavy (non-hydrogen) atoms. The molecule has 2 aromatic rings. The van der Waals surface area contributed by atoms with Crippen LogP contribution in [0.15, 0.2) is 47.4 Å². The van der Waals surface area contributed by atoms with E-state index in [1.807, 2.05) is 43.0 Å². The van der Waals surface area contributed by atoms with Crippen LogP contribution in [0.3, 0.4) is 0 Å². The molecular weight excluding hydrogens is 252 g/mol. The van der Waals surface area contributed by atoms with Gasteiger partial charge in [0.15, 0.2) is 0 Å². The van der Waals surface area contributed by atoms with E-state index in [1.54, 1.807) is 0 Å². The van der Waals surface area contributed by atoms with Crippen molar-refractivity contribution >= 4 is 11.8 Å². The molecule has 1 atom stereocenters. The van der Waals surface area contributed by atoms with Crippen LogP contribution in [0, 0.1) is 13.8 Å². The minimum atomic E-state index is -0.540. The summed E-state index contributed by atoms with van der Waals surface area (Å²) in [6, 6.07) is 14.4. The summed E-state index contributed by atoms with van der Waals surface area (Å²) >= 11 is 1.81. The highest BCUT2D eigenvalue weighted by molar-refractivity contribution is 7.99. The number of aryl methyl sites for hydroxylation is 2. The fourth-order valence-electron chi connectivity index (χ4n) is 2.22. The first-order chi connectivity index (χ1) is 9.11. The Kier molecular flexibility index (Phi) is 4.67. The summed E-state index contributed by atoms with van der Waals surface area (Å²) in [6.07, 6.45) is -0.540. The summed E-state index contributed by atoms with van der Waals surface area (Å²) in [5.74, 6) is 1.07. The van der Waals surface area contributed by atoms with Gasteiger partial charge in [0.1, 0.15) is 6.10 Å². The van der Waals surface area contributed by atoms with E-state index in [9.17, 15) is 5.11 Å². The molecule has 0 aliphatic rings. The highest BCUT2D eigenvalue weighted by atomic mass is 32.2. The van der Waals surface area contributed by atoms with Gasteiger partial charge in [0.2, 0.25) is 0 Å². The summed E-state index contributed by atoms with van der Waals surface area (Å²) < 4.78 is 0. The standard InChI is InChI=1S/C17H20OS/c1-4-19-15-8-6-14(7-9-15)17(18)16-10-5-12(2)11-13(16)3/h5-11,17-18H,4H2,1-3H3. The van der Waals surface area contributed by atoms with E-state index in [1.165, 1.54) is 10.5 Å². The number of aliphatic hydroxyl groups excluding tert-OH is 1. The first kappa shape index (κ1) is 14.2. The molecule has 0 amide bonds. The second-order valence-electron chi connectivity index (χ2n) is 4.76. The summed E-state index contributed by atoms with van der Waals surface area (Å²) in [5, 5.41) is 10.5. The second-order valence-corrected chi connectivity index (χ2v) is 6.10. The Labute approximate surface area is 119 Å². The predicted molar refractivity (Wildman–Crippen MR) is 82.8 cm³/mol. The predicted octanol–water partition coefficient (Wildman–Crippen LogP) is 4.50. The summed E-state index contributed by atoms with van der Waals surface area (Å²) in [5.41, 5.74) is 4.30. The molecule has 1 unspecified atom stereocenters. The van der Waals surface area contributed by atoms with Crippen molar-refractivity contribution in [2.24, 2.45) is 0 Å². The van der Waals surface area contributed by atoms with Crippen LogP contribution in [0.1, 0.15) is 35.3 Å². The van der Waals surface area contributed by atoms with E-state index in [-0.39, 0.29) is 0 Å². The number of benzene rings is 2. The Balaban J connectivity index is 2.25. The quantitative estimate of drug-likeness (QED) is 0.827. The van der Waals surface area contributed by atoms with Crippen molar-refractivity contribution in [1.29, 1.82) is 0 Å². The van der Waals surface area contributed by atoms with Gasteiger partial charge in [-0.1, -0.05) is 42.8 Å². The third-order valence-electron chi connectivity index (χ3n) is 3.23. The van der Waals surface area contributed by atoms with Gasteiger partial charge in [0.25, 0.3) is 0 Å². The van der Waals surface area contributed by atoms with Crippen molar-refractivity contribution in [2.75, 3.05) is 5.75 Å². The van der Waals surface area contributed by atoms with Crippen molar-refractivity contribution in [2.45, 2.75) is 31.8 Å². The van der Waals surface area contributed by atoms with E-state index in [2.05, 4.69) is 32.0 Å². The number of rotatable bonds is 4. The zero-order valence-electron chi connectivity index (χ0n) is 11.7. The van der Waals surface area contributed by atoms with Gasteiger partial charge in [-0.05, 0) is 48.4 Å². The average Bonchev–Trinajstić information content (AvgIpc) is 2.39. The van der Waals surface area contributed by atoms with Gasteiger partial charge in [-0.25, -0.2) is 0 Å². The summed E-state index contributed by atoms with van der Waals surface area (Å²) in [4.78, 5) is 1.25. The summed E-state index contributed by atoms with van der Waals surface area (Å²) in [6.45, 7) is 6.26. The van der Waals surface area contributed by atoms with Crippen LogP contribution in [0.2, 0.25) is 0 Å². The number of thioether (sulfide) groups is 1. The van der Waals surface area contributed by atoms with Gasteiger partial charge in [-0.15, -0.1) is 11.8 Å². The molecule has 0 saturated carbocycles. The summed E-state index contributed by atoms with van der Waals surface area (Å²) in [7, 11) is 0. The van der Waals surface area contributed by atoms with Crippen molar-refractivity contribution in [3.8, 4) is 0 Å². The van der Waals surface area contributed by atoms with Gasteiger partial charge in [0, 0.05) is 4.90 Å². The normalized spacial score (nSPS) is 12.4. The first-order valence-corrected chi connectivity index (χ1v) is 7.58. The van der Waals surface area contributed by atoms with E-state index >= 15 is 0 Å². The Hall–Kier alpha value is -1.25. The number of hydrogen-bond donors (Lipinski definition) is 1. The zero-order chi connectivity index (χ0) is 13.8. The topological polar surface area (TPSA) is 20.2 Å². The lowest BCUT2D eigenvalue weighted by Gasteiger charge is -2.15. The Bertz CT molecular complexity index is 546. The molecule has 0 spiro atoms. The van der Waals surface area contributed by atoms with Crippen LogP contribution < -0.4 is 0 Å².